The van der Waals surface area contributed by atoms with E-state index in [2.05, 4.69) is 5.32 Å². The van der Waals surface area contributed by atoms with Crippen molar-refractivity contribution in [1.29, 1.82) is 0 Å². The maximum absolute atomic E-state index is 13.1. The van der Waals surface area contributed by atoms with Crippen LogP contribution in [0.2, 0.25) is 0 Å². The summed E-state index contributed by atoms with van der Waals surface area (Å²) in [7, 11) is 0. The summed E-state index contributed by atoms with van der Waals surface area (Å²) in [5, 5.41) is 2.73. The fraction of sp³-hybridized carbons (Fsp3) is 0.185. The predicted molar refractivity (Wildman–Crippen MR) is 128 cm³/mol. The number of benzene rings is 3. The molecule has 0 fully saturated rings. The summed E-state index contributed by atoms with van der Waals surface area (Å²) >= 11 is 0. The highest BCUT2D eigenvalue weighted by Crippen LogP contribution is 2.32. The summed E-state index contributed by atoms with van der Waals surface area (Å²) in [6, 6.07) is 17.0. The third-order valence-electron chi connectivity index (χ3n) is 5.95. The number of amides is 3. The highest BCUT2D eigenvalue weighted by Gasteiger charge is 2.38. The van der Waals surface area contributed by atoms with Crippen LogP contribution in [0.15, 0.2) is 60.7 Å². The number of para-hydroxylation sites is 1. The Morgan fingerprint density at radius 2 is 1.65 bits per heavy atom. The zero-order chi connectivity index (χ0) is 24.4. The Morgan fingerprint density at radius 1 is 0.912 bits per heavy atom. The van der Waals surface area contributed by atoms with Crippen LogP contribution in [0, 0.1) is 13.8 Å². The van der Waals surface area contributed by atoms with Crippen LogP contribution in [0.4, 0.5) is 11.4 Å². The van der Waals surface area contributed by atoms with Gasteiger partial charge in [0.1, 0.15) is 0 Å². The number of imide groups is 1. The molecule has 7 nitrogen and oxygen atoms in total. The number of hydrogen-bond acceptors (Lipinski definition) is 5. The lowest BCUT2D eigenvalue weighted by Gasteiger charge is -2.17. The van der Waals surface area contributed by atoms with Crippen LogP contribution in [0.5, 0.6) is 0 Å². The summed E-state index contributed by atoms with van der Waals surface area (Å²) in [5.41, 5.74) is 4.36. The first-order chi connectivity index (χ1) is 16.3. The summed E-state index contributed by atoms with van der Waals surface area (Å²) in [6.45, 7) is 5.25. The van der Waals surface area contributed by atoms with Gasteiger partial charge in [-0.2, -0.15) is 0 Å². The van der Waals surface area contributed by atoms with Gasteiger partial charge in [-0.15, -0.1) is 0 Å². The van der Waals surface area contributed by atoms with Gasteiger partial charge in [0.25, 0.3) is 17.7 Å². The second kappa shape index (κ2) is 9.31. The van der Waals surface area contributed by atoms with E-state index in [-0.39, 0.29) is 16.7 Å². The lowest BCUT2D eigenvalue weighted by atomic mass is 10.1. The lowest BCUT2D eigenvalue weighted by Crippen LogP contribution is -2.30. The van der Waals surface area contributed by atoms with Gasteiger partial charge in [0.15, 0.2) is 6.61 Å². The number of esters is 1. The van der Waals surface area contributed by atoms with E-state index in [9.17, 15) is 19.2 Å². The summed E-state index contributed by atoms with van der Waals surface area (Å²) < 4.78 is 5.14. The molecule has 3 aromatic carbocycles. The number of carbonyl (C=O) groups is 4. The molecule has 1 aliphatic heterocycles. The van der Waals surface area contributed by atoms with Gasteiger partial charge in [0, 0.05) is 5.69 Å². The Hall–Kier alpha value is -4.26. The number of carbonyl (C=O) groups excluding carboxylic acids is 4. The molecule has 1 heterocycles. The Kier molecular flexibility index (Phi) is 6.27. The van der Waals surface area contributed by atoms with E-state index in [1.807, 2.05) is 45.0 Å². The number of ether oxygens (including phenoxy) is 1. The Bertz CT molecular complexity index is 1330. The molecule has 0 unspecified atom stereocenters. The zero-order valence-corrected chi connectivity index (χ0v) is 19.2. The predicted octanol–water partition coefficient (Wildman–Crippen LogP) is 4.46. The quantitative estimate of drug-likeness (QED) is 0.437. The fourth-order valence-corrected chi connectivity index (χ4v) is 3.92. The number of anilines is 2. The van der Waals surface area contributed by atoms with Crippen LogP contribution >= 0.6 is 0 Å². The van der Waals surface area contributed by atoms with E-state index < -0.39 is 30.3 Å². The maximum atomic E-state index is 13.1. The van der Waals surface area contributed by atoms with Gasteiger partial charge in [-0.25, -0.2) is 9.69 Å². The zero-order valence-electron chi connectivity index (χ0n) is 19.2. The molecule has 34 heavy (non-hydrogen) atoms. The van der Waals surface area contributed by atoms with Gasteiger partial charge in [-0.05, 0) is 67.3 Å². The molecule has 0 atom stereocenters. The molecule has 1 aliphatic rings. The third-order valence-corrected chi connectivity index (χ3v) is 5.95. The van der Waals surface area contributed by atoms with Gasteiger partial charge in [0.2, 0.25) is 0 Å². The minimum atomic E-state index is -0.757. The average Bonchev–Trinajstić information content (AvgIpc) is 3.09. The molecule has 0 radical (unpaired) electrons. The van der Waals surface area contributed by atoms with Gasteiger partial charge in [0.05, 0.1) is 22.4 Å². The third kappa shape index (κ3) is 4.20. The molecule has 0 saturated carbocycles. The van der Waals surface area contributed by atoms with Crippen molar-refractivity contribution in [2.24, 2.45) is 0 Å². The average molecular weight is 456 g/mol. The van der Waals surface area contributed by atoms with E-state index in [0.29, 0.717) is 11.4 Å². The number of rotatable bonds is 6. The molecule has 4 rings (SSSR count). The number of aryl methyl sites for hydroxylation is 2. The molecule has 3 amide bonds. The second-order valence-electron chi connectivity index (χ2n) is 8.06. The summed E-state index contributed by atoms with van der Waals surface area (Å²) in [4.78, 5) is 51.9. The highest BCUT2D eigenvalue weighted by atomic mass is 16.5. The van der Waals surface area contributed by atoms with Gasteiger partial charge < -0.3 is 10.1 Å². The monoisotopic (exact) mass is 456 g/mol. The molecule has 172 valence electrons. The highest BCUT2D eigenvalue weighted by molar-refractivity contribution is 6.35. The van der Waals surface area contributed by atoms with Crippen LogP contribution in [0.3, 0.4) is 0 Å². The Balaban J connectivity index is 1.47. The van der Waals surface area contributed by atoms with Crippen molar-refractivity contribution in [1.82, 2.24) is 0 Å². The Morgan fingerprint density at radius 3 is 2.41 bits per heavy atom. The molecule has 0 saturated heterocycles. The molecule has 7 heteroatoms. The standard InChI is InChI=1S/C27H24N2O5/c1-4-18-9-5-6-10-22(18)28-24(30)15-34-27(33)19-12-13-20-21(14-19)26(32)29(25(20)31)23-11-7-8-16(2)17(23)3/h5-14H,4,15H2,1-3H3,(H,28,30). The SMILES string of the molecule is CCc1ccccc1NC(=O)COC(=O)c1ccc2c(c1)C(=O)N(c1cccc(C)c1C)C2=O. The first-order valence-corrected chi connectivity index (χ1v) is 11.0. The number of nitrogens with zero attached hydrogens (tertiary/aromatic N) is 1. The first kappa shape index (κ1) is 22.9. The van der Waals surface area contributed by atoms with Crippen molar-refractivity contribution in [3.05, 3.63) is 94.0 Å². The van der Waals surface area contributed by atoms with Crippen molar-refractivity contribution in [3.8, 4) is 0 Å². The van der Waals surface area contributed by atoms with Crippen molar-refractivity contribution < 1.29 is 23.9 Å². The molecule has 3 aromatic rings. The van der Waals surface area contributed by atoms with Crippen molar-refractivity contribution >= 4 is 35.1 Å². The van der Waals surface area contributed by atoms with Crippen LogP contribution in [0.1, 0.15) is 54.7 Å². The van der Waals surface area contributed by atoms with Crippen molar-refractivity contribution in [2.45, 2.75) is 27.2 Å². The Labute approximate surface area is 197 Å². The molecular formula is C27H24N2O5. The summed E-state index contributed by atoms with van der Waals surface area (Å²) in [5.74, 6) is -2.17. The van der Waals surface area contributed by atoms with E-state index in [0.717, 1.165) is 28.0 Å². The van der Waals surface area contributed by atoms with Crippen LogP contribution < -0.4 is 10.2 Å². The summed E-state index contributed by atoms with van der Waals surface area (Å²) in [6.07, 6.45) is 0.747. The van der Waals surface area contributed by atoms with Crippen LogP contribution in [-0.4, -0.2) is 30.3 Å². The molecule has 0 aliphatic carbocycles. The van der Waals surface area contributed by atoms with E-state index in [1.54, 1.807) is 18.2 Å². The van der Waals surface area contributed by atoms with Crippen molar-refractivity contribution in [3.63, 3.8) is 0 Å². The van der Waals surface area contributed by atoms with E-state index >= 15 is 0 Å². The number of nitrogens with one attached hydrogen (secondary N) is 1. The van der Waals surface area contributed by atoms with E-state index in [1.165, 1.54) is 18.2 Å². The van der Waals surface area contributed by atoms with Crippen LogP contribution in [0.25, 0.3) is 0 Å². The van der Waals surface area contributed by atoms with Crippen molar-refractivity contribution in [2.75, 3.05) is 16.8 Å². The van der Waals surface area contributed by atoms with Gasteiger partial charge in [-0.3, -0.25) is 14.4 Å². The molecule has 0 bridgehead atoms. The minimum absolute atomic E-state index is 0.0875. The number of fused-ring (bicyclic) bond motifs is 1. The van der Waals surface area contributed by atoms with Crippen LogP contribution in [-0.2, 0) is 16.0 Å². The molecular weight excluding hydrogens is 432 g/mol. The smallest absolute Gasteiger partial charge is 0.338 e. The first-order valence-electron chi connectivity index (χ1n) is 11.0. The topological polar surface area (TPSA) is 92.8 Å². The maximum Gasteiger partial charge on any atom is 0.338 e. The van der Waals surface area contributed by atoms with Gasteiger partial charge >= 0.3 is 5.97 Å². The lowest BCUT2D eigenvalue weighted by molar-refractivity contribution is -0.119. The molecule has 0 aromatic heterocycles. The number of hydrogen-bond donors (Lipinski definition) is 1. The van der Waals surface area contributed by atoms with Gasteiger partial charge in [-0.1, -0.05) is 37.3 Å². The van der Waals surface area contributed by atoms with E-state index in [4.69, 9.17) is 4.74 Å². The largest absolute Gasteiger partial charge is 0.452 e. The minimum Gasteiger partial charge on any atom is -0.452 e. The second-order valence-corrected chi connectivity index (χ2v) is 8.06. The molecule has 0 spiro atoms. The molecule has 1 N–H and O–H groups in total. The fourth-order valence-electron chi connectivity index (χ4n) is 3.92. The normalized spacial score (nSPS) is 12.5.